The predicted molar refractivity (Wildman–Crippen MR) is 106 cm³/mol. The van der Waals surface area contributed by atoms with Crippen LogP contribution in [0, 0.1) is 0 Å². The van der Waals surface area contributed by atoms with Gasteiger partial charge in [0.05, 0.1) is 11.6 Å². The average Bonchev–Trinajstić information content (AvgIpc) is 3.12. The summed E-state index contributed by atoms with van der Waals surface area (Å²) in [6.07, 6.45) is 3.49. The molecule has 4 rings (SSSR count). The summed E-state index contributed by atoms with van der Waals surface area (Å²) in [5, 5.41) is 3.92. The van der Waals surface area contributed by atoms with Crippen molar-refractivity contribution in [3.05, 3.63) is 84.2 Å². The van der Waals surface area contributed by atoms with Gasteiger partial charge in [-0.25, -0.2) is 4.98 Å². The third-order valence-electron chi connectivity index (χ3n) is 4.53. The third kappa shape index (κ3) is 3.25. The summed E-state index contributed by atoms with van der Waals surface area (Å²) in [5.74, 6) is 0.754. The molecular weight excluding hydrogens is 338 g/mol. The van der Waals surface area contributed by atoms with Crippen molar-refractivity contribution in [2.75, 3.05) is 5.73 Å². The number of fused-ring (bicyclic) bond motifs is 1. The minimum atomic E-state index is -0.114. The van der Waals surface area contributed by atoms with Gasteiger partial charge < -0.3 is 15.6 Å². The van der Waals surface area contributed by atoms with Crippen LogP contribution >= 0.6 is 0 Å². The van der Waals surface area contributed by atoms with Crippen molar-refractivity contribution < 1.29 is 4.79 Å². The Morgan fingerprint density at radius 3 is 2.67 bits per heavy atom. The molecule has 6 nitrogen and oxygen atoms in total. The maximum atomic E-state index is 12.9. The lowest BCUT2D eigenvalue weighted by Gasteiger charge is -2.15. The number of hydrogen-bond acceptors (Lipinski definition) is 4. The van der Waals surface area contributed by atoms with Crippen LogP contribution in [0.3, 0.4) is 0 Å². The molecule has 6 heteroatoms. The third-order valence-corrected chi connectivity index (χ3v) is 4.53. The average molecular weight is 357 g/mol. The summed E-state index contributed by atoms with van der Waals surface area (Å²) in [6.45, 7) is 1.97. The van der Waals surface area contributed by atoms with Crippen molar-refractivity contribution in [1.82, 2.24) is 19.9 Å². The minimum Gasteiger partial charge on any atom is -0.368 e. The maximum absolute atomic E-state index is 12.9. The van der Waals surface area contributed by atoms with E-state index >= 15 is 0 Å². The molecule has 27 heavy (non-hydrogen) atoms. The number of anilines is 1. The van der Waals surface area contributed by atoms with Crippen LogP contribution in [0.15, 0.2) is 73.1 Å². The van der Waals surface area contributed by atoms with Gasteiger partial charge in [0.1, 0.15) is 5.82 Å². The number of amides is 1. The van der Waals surface area contributed by atoms with Crippen molar-refractivity contribution >= 4 is 22.8 Å². The van der Waals surface area contributed by atoms with E-state index in [0.717, 1.165) is 16.5 Å². The molecule has 0 fully saturated rings. The second-order valence-electron chi connectivity index (χ2n) is 6.30. The van der Waals surface area contributed by atoms with Gasteiger partial charge in [0.15, 0.2) is 0 Å². The minimum absolute atomic E-state index is 0.0855. The van der Waals surface area contributed by atoms with E-state index in [0.29, 0.717) is 11.4 Å². The van der Waals surface area contributed by atoms with Crippen molar-refractivity contribution in [2.45, 2.75) is 13.0 Å². The molecule has 1 amide bonds. The molecule has 2 aromatic carbocycles. The standard InChI is InChI=1S/C21H19N5O/c1-14(15-6-3-2-4-7-15)24-20(27)17-8-5-9-18-16(17)11-13-26(18)19-10-12-23-21(22)25-19/h2-14H,1H3,(H,24,27)(H2,22,23,25)/t14-/m1/s1. The van der Waals surface area contributed by atoms with Gasteiger partial charge in [0.2, 0.25) is 5.95 Å². The number of carbonyl (C=O) groups is 1. The molecule has 0 spiro atoms. The van der Waals surface area contributed by atoms with Crippen molar-refractivity contribution in [3.8, 4) is 5.82 Å². The summed E-state index contributed by atoms with van der Waals surface area (Å²) < 4.78 is 1.89. The summed E-state index contributed by atoms with van der Waals surface area (Å²) in [5.41, 5.74) is 8.26. The zero-order chi connectivity index (χ0) is 18.8. The Labute approximate surface area is 156 Å². The van der Waals surface area contributed by atoms with Gasteiger partial charge >= 0.3 is 0 Å². The van der Waals surface area contributed by atoms with Crippen LogP contribution in [-0.4, -0.2) is 20.4 Å². The molecule has 0 radical (unpaired) electrons. The molecule has 0 aliphatic heterocycles. The van der Waals surface area contributed by atoms with E-state index in [9.17, 15) is 4.79 Å². The summed E-state index contributed by atoms with van der Waals surface area (Å²) >= 11 is 0. The first-order valence-electron chi connectivity index (χ1n) is 8.68. The van der Waals surface area contributed by atoms with E-state index in [1.54, 1.807) is 12.3 Å². The van der Waals surface area contributed by atoms with Gasteiger partial charge in [0.25, 0.3) is 5.91 Å². The Morgan fingerprint density at radius 2 is 1.89 bits per heavy atom. The quantitative estimate of drug-likeness (QED) is 0.585. The fourth-order valence-corrected chi connectivity index (χ4v) is 3.16. The molecule has 2 aromatic heterocycles. The van der Waals surface area contributed by atoms with Gasteiger partial charge in [-0.2, -0.15) is 4.98 Å². The molecule has 0 bridgehead atoms. The van der Waals surface area contributed by atoms with Gasteiger partial charge in [-0.15, -0.1) is 0 Å². The molecule has 2 heterocycles. The second kappa shape index (κ2) is 6.92. The number of nitrogens with two attached hydrogens (primary N) is 1. The Hall–Kier alpha value is -3.67. The molecule has 4 aromatic rings. The highest BCUT2D eigenvalue weighted by molar-refractivity contribution is 6.07. The van der Waals surface area contributed by atoms with Crippen LogP contribution in [0.5, 0.6) is 0 Å². The molecule has 0 unspecified atom stereocenters. The van der Waals surface area contributed by atoms with Crippen molar-refractivity contribution in [3.63, 3.8) is 0 Å². The first-order chi connectivity index (χ1) is 13.1. The number of nitrogens with one attached hydrogen (secondary N) is 1. The molecule has 134 valence electrons. The first-order valence-corrected chi connectivity index (χ1v) is 8.68. The van der Waals surface area contributed by atoms with Crippen LogP contribution in [-0.2, 0) is 0 Å². The highest BCUT2D eigenvalue weighted by Gasteiger charge is 2.16. The van der Waals surface area contributed by atoms with Crippen LogP contribution in [0.4, 0.5) is 5.95 Å². The van der Waals surface area contributed by atoms with E-state index in [4.69, 9.17) is 5.73 Å². The van der Waals surface area contributed by atoms with Crippen LogP contribution in [0.2, 0.25) is 0 Å². The van der Waals surface area contributed by atoms with Crippen LogP contribution in [0.25, 0.3) is 16.7 Å². The predicted octanol–water partition coefficient (Wildman–Crippen LogP) is 3.49. The van der Waals surface area contributed by atoms with Gasteiger partial charge in [-0.3, -0.25) is 4.79 Å². The van der Waals surface area contributed by atoms with E-state index < -0.39 is 0 Å². The lowest BCUT2D eigenvalue weighted by Crippen LogP contribution is -2.26. The molecule has 0 aliphatic rings. The lowest BCUT2D eigenvalue weighted by molar-refractivity contribution is 0.0941. The Balaban J connectivity index is 1.68. The van der Waals surface area contributed by atoms with Gasteiger partial charge in [0, 0.05) is 23.3 Å². The largest absolute Gasteiger partial charge is 0.368 e. The normalized spacial score (nSPS) is 12.0. The summed E-state index contributed by atoms with van der Waals surface area (Å²) in [6, 6.07) is 19.1. The Kier molecular flexibility index (Phi) is 4.30. The van der Waals surface area contributed by atoms with Gasteiger partial charge in [-0.1, -0.05) is 36.4 Å². The smallest absolute Gasteiger partial charge is 0.252 e. The number of nitrogens with zero attached hydrogens (tertiary/aromatic N) is 3. The van der Waals surface area contributed by atoms with E-state index in [-0.39, 0.29) is 17.9 Å². The fraction of sp³-hybridized carbons (Fsp3) is 0.0952. The first kappa shape index (κ1) is 16.8. The number of nitrogen functional groups attached to an aromatic ring is 1. The van der Waals surface area contributed by atoms with Crippen molar-refractivity contribution in [1.29, 1.82) is 0 Å². The van der Waals surface area contributed by atoms with E-state index in [1.807, 2.05) is 72.3 Å². The zero-order valence-corrected chi connectivity index (χ0v) is 14.8. The number of rotatable bonds is 4. The van der Waals surface area contributed by atoms with Crippen molar-refractivity contribution in [2.24, 2.45) is 0 Å². The number of carbonyl (C=O) groups excluding carboxylic acids is 1. The molecule has 1 atom stereocenters. The number of aromatic nitrogens is 3. The Bertz CT molecular complexity index is 1100. The Morgan fingerprint density at radius 1 is 1.07 bits per heavy atom. The van der Waals surface area contributed by atoms with E-state index in [2.05, 4.69) is 15.3 Å². The fourth-order valence-electron chi connectivity index (χ4n) is 3.16. The highest BCUT2D eigenvalue weighted by Crippen LogP contribution is 2.24. The molecular formula is C21H19N5O. The SMILES string of the molecule is C[C@@H](NC(=O)c1cccc2c1ccn2-c1ccnc(N)n1)c1ccccc1. The molecule has 3 N–H and O–H groups in total. The van der Waals surface area contributed by atoms with Crippen LogP contribution in [0.1, 0.15) is 28.9 Å². The van der Waals surface area contributed by atoms with Gasteiger partial charge in [-0.05, 0) is 36.8 Å². The number of benzene rings is 2. The second-order valence-corrected chi connectivity index (χ2v) is 6.30. The lowest BCUT2D eigenvalue weighted by atomic mass is 10.1. The van der Waals surface area contributed by atoms with E-state index in [1.165, 1.54) is 0 Å². The summed E-state index contributed by atoms with van der Waals surface area (Å²) in [7, 11) is 0. The monoisotopic (exact) mass is 357 g/mol. The topological polar surface area (TPSA) is 85.8 Å². The van der Waals surface area contributed by atoms with Crippen LogP contribution < -0.4 is 11.1 Å². The highest BCUT2D eigenvalue weighted by atomic mass is 16.1. The summed E-state index contributed by atoms with van der Waals surface area (Å²) in [4.78, 5) is 21.1. The molecule has 0 saturated carbocycles. The maximum Gasteiger partial charge on any atom is 0.252 e. The molecule has 0 saturated heterocycles. The number of hydrogen-bond donors (Lipinski definition) is 2. The molecule has 0 aliphatic carbocycles. The zero-order valence-electron chi connectivity index (χ0n) is 14.8.